The topological polar surface area (TPSA) is 106 Å². The standard InChI is InChI=1S/C20H17N5O2S/c21-17-13-9-11-5-4-8-14(11)22-20(13)28-18(17)19(27)23-15-10-16(26)25(24-15)12-6-2-1-3-7-12/h1-3,6-7,9-10,24H,4-5,8,21H2,(H,23,27). The first-order chi connectivity index (χ1) is 13.6. The number of aryl methyl sites for hydroxylation is 2. The number of benzene rings is 1. The van der Waals surface area contributed by atoms with E-state index < -0.39 is 0 Å². The molecular weight excluding hydrogens is 374 g/mol. The molecule has 4 aromatic rings. The number of carbonyl (C=O) groups excluding carboxylic acids is 1. The van der Waals surface area contributed by atoms with E-state index in [2.05, 4.69) is 21.5 Å². The quantitative estimate of drug-likeness (QED) is 0.499. The van der Waals surface area contributed by atoms with Crippen LogP contribution in [0.3, 0.4) is 0 Å². The van der Waals surface area contributed by atoms with Crippen molar-refractivity contribution < 1.29 is 4.79 Å². The third kappa shape index (κ3) is 2.69. The lowest BCUT2D eigenvalue weighted by molar-refractivity contribution is 0.103. The van der Waals surface area contributed by atoms with Crippen LogP contribution in [0.25, 0.3) is 15.9 Å². The molecule has 0 saturated carbocycles. The van der Waals surface area contributed by atoms with Crippen molar-refractivity contribution in [1.82, 2.24) is 14.8 Å². The van der Waals surface area contributed by atoms with E-state index in [4.69, 9.17) is 5.73 Å². The fraction of sp³-hybridized carbons (Fsp3) is 0.150. The van der Waals surface area contributed by atoms with Gasteiger partial charge in [-0.05, 0) is 43.0 Å². The number of nitrogen functional groups attached to an aromatic ring is 1. The molecule has 0 saturated heterocycles. The molecule has 1 amide bonds. The molecule has 3 heterocycles. The Kier molecular flexibility index (Phi) is 3.80. The van der Waals surface area contributed by atoms with Gasteiger partial charge >= 0.3 is 0 Å². The maximum Gasteiger partial charge on any atom is 0.273 e. The number of fused-ring (bicyclic) bond motifs is 2. The van der Waals surface area contributed by atoms with Gasteiger partial charge in [-0.25, -0.2) is 9.67 Å². The van der Waals surface area contributed by atoms with Crippen molar-refractivity contribution >= 4 is 39.0 Å². The Morgan fingerprint density at radius 1 is 1.21 bits per heavy atom. The van der Waals surface area contributed by atoms with Crippen LogP contribution in [-0.4, -0.2) is 20.7 Å². The zero-order valence-corrected chi connectivity index (χ0v) is 15.7. The number of aromatic nitrogens is 3. The van der Waals surface area contributed by atoms with Crippen molar-refractivity contribution in [2.45, 2.75) is 19.3 Å². The fourth-order valence-electron chi connectivity index (χ4n) is 3.57. The number of aromatic amines is 1. The molecule has 4 N–H and O–H groups in total. The van der Waals surface area contributed by atoms with Crippen LogP contribution in [0.2, 0.25) is 0 Å². The number of hydrogen-bond donors (Lipinski definition) is 3. The number of anilines is 2. The second-order valence-corrected chi connectivity index (χ2v) is 7.78. The van der Waals surface area contributed by atoms with Gasteiger partial charge in [0.2, 0.25) is 0 Å². The summed E-state index contributed by atoms with van der Waals surface area (Å²) in [6.07, 6.45) is 3.08. The highest BCUT2D eigenvalue weighted by molar-refractivity contribution is 7.21. The Morgan fingerprint density at radius 3 is 2.86 bits per heavy atom. The number of nitrogens with zero attached hydrogens (tertiary/aromatic N) is 2. The molecule has 5 rings (SSSR count). The average Bonchev–Trinajstić information content (AvgIpc) is 3.38. The molecule has 0 unspecified atom stereocenters. The highest BCUT2D eigenvalue weighted by Crippen LogP contribution is 2.36. The second-order valence-electron chi connectivity index (χ2n) is 6.78. The van der Waals surface area contributed by atoms with Crippen molar-refractivity contribution in [2.75, 3.05) is 11.1 Å². The molecule has 1 aliphatic carbocycles. The molecule has 140 valence electrons. The molecule has 0 bridgehead atoms. The average molecular weight is 391 g/mol. The van der Waals surface area contributed by atoms with Crippen LogP contribution in [0.1, 0.15) is 27.3 Å². The third-order valence-electron chi connectivity index (χ3n) is 4.94. The number of pyridine rings is 1. The first-order valence-electron chi connectivity index (χ1n) is 9.00. The predicted molar refractivity (Wildman–Crippen MR) is 110 cm³/mol. The van der Waals surface area contributed by atoms with Crippen LogP contribution in [0, 0.1) is 0 Å². The summed E-state index contributed by atoms with van der Waals surface area (Å²) in [5.41, 5.74) is 9.43. The molecule has 1 aromatic carbocycles. The summed E-state index contributed by atoms with van der Waals surface area (Å²) in [7, 11) is 0. The van der Waals surface area contributed by atoms with Crippen molar-refractivity contribution in [3.8, 4) is 5.69 Å². The molecule has 7 nitrogen and oxygen atoms in total. The Balaban J connectivity index is 1.46. The number of carbonyl (C=O) groups is 1. The molecule has 1 aliphatic rings. The number of nitrogens with one attached hydrogen (secondary N) is 2. The molecular formula is C20H17N5O2S. The van der Waals surface area contributed by atoms with E-state index in [1.165, 1.54) is 27.6 Å². The summed E-state index contributed by atoms with van der Waals surface area (Å²) in [6, 6.07) is 12.6. The van der Waals surface area contributed by atoms with Gasteiger partial charge in [-0.1, -0.05) is 18.2 Å². The van der Waals surface area contributed by atoms with E-state index >= 15 is 0 Å². The smallest absolute Gasteiger partial charge is 0.273 e. The van der Waals surface area contributed by atoms with E-state index in [1.54, 1.807) is 12.1 Å². The zero-order chi connectivity index (χ0) is 19.3. The predicted octanol–water partition coefficient (Wildman–Crippen LogP) is 3.10. The molecule has 3 aromatic heterocycles. The van der Waals surface area contributed by atoms with Crippen LogP contribution in [0.4, 0.5) is 11.5 Å². The van der Waals surface area contributed by atoms with E-state index in [0.29, 0.717) is 22.1 Å². The molecule has 0 spiro atoms. The minimum atomic E-state index is -0.359. The minimum Gasteiger partial charge on any atom is -0.397 e. The van der Waals surface area contributed by atoms with E-state index in [9.17, 15) is 9.59 Å². The van der Waals surface area contributed by atoms with Crippen LogP contribution in [0.5, 0.6) is 0 Å². The monoisotopic (exact) mass is 391 g/mol. The summed E-state index contributed by atoms with van der Waals surface area (Å²) < 4.78 is 1.37. The van der Waals surface area contributed by atoms with Crippen molar-refractivity contribution in [3.05, 3.63) is 69.0 Å². The SMILES string of the molecule is Nc1c(C(=O)Nc2cc(=O)n(-c3ccccc3)[nH]2)sc2nc3c(cc12)CCC3. The van der Waals surface area contributed by atoms with Crippen LogP contribution in [0.15, 0.2) is 47.3 Å². The Bertz CT molecular complexity index is 1270. The fourth-order valence-corrected chi connectivity index (χ4v) is 4.57. The Morgan fingerprint density at radius 2 is 2.04 bits per heavy atom. The Hall–Kier alpha value is -3.39. The maximum atomic E-state index is 12.8. The van der Waals surface area contributed by atoms with Gasteiger partial charge in [0, 0.05) is 17.1 Å². The van der Waals surface area contributed by atoms with Gasteiger partial charge in [0.05, 0.1) is 11.4 Å². The Labute approximate surface area is 163 Å². The van der Waals surface area contributed by atoms with E-state index in [0.717, 1.165) is 35.2 Å². The number of amides is 1. The largest absolute Gasteiger partial charge is 0.397 e. The van der Waals surface area contributed by atoms with Gasteiger partial charge in [-0.3, -0.25) is 14.7 Å². The summed E-state index contributed by atoms with van der Waals surface area (Å²) in [4.78, 5) is 30.9. The molecule has 28 heavy (non-hydrogen) atoms. The maximum absolute atomic E-state index is 12.8. The number of para-hydroxylation sites is 1. The summed E-state index contributed by atoms with van der Waals surface area (Å²) in [5.74, 6) is -0.0479. The highest BCUT2D eigenvalue weighted by Gasteiger charge is 2.21. The molecule has 0 atom stereocenters. The van der Waals surface area contributed by atoms with Gasteiger partial charge in [0.1, 0.15) is 15.5 Å². The van der Waals surface area contributed by atoms with E-state index in [-0.39, 0.29) is 11.5 Å². The number of rotatable bonds is 3. The van der Waals surface area contributed by atoms with Gasteiger partial charge in [-0.15, -0.1) is 11.3 Å². The lowest BCUT2D eigenvalue weighted by Crippen LogP contribution is -2.13. The molecule has 0 radical (unpaired) electrons. The number of thiophene rings is 1. The van der Waals surface area contributed by atoms with Crippen LogP contribution < -0.4 is 16.6 Å². The molecule has 0 fully saturated rings. The number of H-pyrrole nitrogens is 1. The summed E-state index contributed by atoms with van der Waals surface area (Å²) >= 11 is 1.28. The lowest BCUT2D eigenvalue weighted by Gasteiger charge is -2.03. The normalized spacial score (nSPS) is 13.0. The van der Waals surface area contributed by atoms with Gasteiger partial charge in [0.25, 0.3) is 11.5 Å². The molecule has 8 heteroatoms. The van der Waals surface area contributed by atoms with Crippen molar-refractivity contribution in [1.29, 1.82) is 0 Å². The zero-order valence-electron chi connectivity index (χ0n) is 14.9. The van der Waals surface area contributed by atoms with Gasteiger partial charge in [-0.2, -0.15) is 0 Å². The number of nitrogens with two attached hydrogens (primary N) is 1. The highest BCUT2D eigenvalue weighted by atomic mass is 32.1. The van der Waals surface area contributed by atoms with Crippen LogP contribution >= 0.6 is 11.3 Å². The molecule has 0 aliphatic heterocycles. The number of hydrogen-bond acceptors (Lipinski definition) is 5. The van der Waals surface area contributed by atoms with E-state index in [1.807, 2.05) is 18.2 Å². The minimum absolute atomic E-state index is 0.260. The second kappa shape index (κ2) is 6.35. The first kappa shape index (κ1) is 16.8. The third-order valence-corrected chi connectivity index (χ3v) is 6.05. The van der Waals surface area contributed by atoms with Gasteiger partial charge < -0.3 is 11.1 Å². The van der Waals surface area contributed by atoms with Crippen LogP contribution in [-0.2, 0) is 12.8 Å². The first-order valence-corrected chi connectivity index (χ1v) is 9.81. The van der Waals surface area contributed by atoms with Crippen molar-refractivity contribution in [2.24, 2.45) is 0 Å². The van der Waals surface area contributed by atoms with Crippen molar-refractivity contribution in [3.63, 3.8) is 0 Å². The lowest BCUT2D eigenvalue weighted by atomic mass is 10.1. The van der Waals surface area contributed by atoms with Gasteiger partial charge in [0.15, 0.2) is 0 Å². The summed E-state index contributed by atoms with van der Waals surface area (Å²) in [5, 5.41) is 6.47. The summed E-state index contributed by atoms with van der Waals surface area (Å²) in [6.45, 7) is 0.